The van der Waals surface area contributed by atoms with Crippen molar-refractivity contribution in [3.05, 3.63) is 29.8 Å². The molecule has 1 aliphatic heterocycles. The Kier molecular flexibility index (Phi) is 3.96. The molecule has 18 heavy (non-hydrogen) atoms. The highest BCUT2D eigenvalue weighted by Crippen LogP contribution is 2.39. The molecule has 0 aliphatic carbocycles. The molecule has 0 unspecified atom stereocenters. The van der Waals surface area contributed by atoms with Crippen LogP contribution in [0, 0.1) is 5.41 Å². The molecule has 0 radical (unpaired) electrons. The summed E-state index contributed by atoms with van der Waals surface area (Å²) in [7, 11) is 0. The van der Waals surface area contributed by atoms with E-state index in [0.29, 0.717) is 5.41 Å². The molecule has 0 amide bonds. The number of hydrogen-bond acceptors (Lipinski definition) is 2. The normalized spacial score (nSPS) is 20.1. The molecule has 2 rings (SSSR count). The van der Waals surface area contributed by atoms with Crippen LogP contribution in [0.1, 0.15) is 51.7 Å². The summed E-state index contributed by atoms with van der Waals surface area (Å²) < 4.78 is 0. The van der Waals surface area contributed by atoms with Crippen molar-refractivity contribution in [3.8, 4) is 0 Å². The van der Waals surface area contributed by atoms with Gasteiger partial charge >= 0.3 is 0 Å². The number of aliphatic hydroxyl groups excluding tert-OH is 1. The standard InChI is InChI=1S/C16H25NO/c1-4-16(5-2)10-11-17(12-16)15-8-6-14(7-9-15)13(3)18/h6-9,13,18H,4-5,10-12H2,1-3H3/t13-/m1/s1. The minimum Gasteiger partial charge on any atom is -0.389 e. The highest BCUT2D eigenvalue weighted by molar-refractivity contribution is 5.49. The first kappa shape index (κ1) is 13.4. The molecule has 2 nitrogen and oxygen atoms in total. The quantitative estimate of drug-likeness (QED) is 0.875. The molecule has 100 valence electrons. The van der Waals surface area contributed by atoms with Crippen molar-refractivity contribution in [1.82, 2.24) is 0 Å². The maximum absolute atomic E-state index is 9.53. The zero-order valence-electron chi connectivity index (χ0n) is 11.8. The van der Waals surface area contributed by atoms with Crippen LogP contribution in [-0.4, -0.2) is 18.2 Å². The van der Waals surface area contributed by atoms with E-state index in [9.17, 15) is 5.11 Å². The number of anilines is 1. The second kappa shape index (κ2) is 5.31. The second-order valence-corrected chi connectivity index (χ2v) is 5.65. The fraction of sp³-hybridized carbons (Fsp3) is 0.625. The Bertz CT molecular complexity index is 379. The number of aliphatic hydroxyl groups is 1. The minimum atomic E-state index is -0.372. The summed E-state index contributed by atoms with van der Waals surface area (Å²) in [5.41, 5.74) is 2.81. The van der Waals surface area contributed by atoms with Crippen LogP contribution in [0.15, 0.2) is 24.3 Å². The van der Waals surface area contributed by atoms with Crippen LogP contribution in [0.2, 0.25) is 0 Å². The summed E-state index contributed by atoms with van der Waals surface area (Å²) in [6.07, 6.45) is 3.47. The predicted molar refractivity (Wildman–Crippen MR) is 76.9 cm³/mol. The summed E-state index contributed by atoms with van der Waals surface area (Å²) in [5.74, 6) is 0. The number of nitrogens with zero attached hydrogens (tertiary/aromatic N) is 1. The van der Waals surface area contributed by atoms with Crippen molar-refractivity contribution in [3.63, 3.8) is 0 Å². The van der Waals surface area contributed by atoms with Crippen molar-refractivity contribution >= 4 is 5.69 Å². The molecule has 1 saturated heterocycles. The van der Waals surface area contributed by atoms with Gasteiger partial charge in [0.25, 0.3) is 0 Å². The lowest BCUT2D eigenvalue weighted by Crippen LogP contribution is -2.26. The minimum absolute atomic E-state index is 0.372. The average Bonchev–Trinajstić information content (AvgIpc) is 2.84. The first-order chi connectivity index (χ1) is 8.60. The van der Waals surface area contributed by atoms with E-state index >= 15 is 0 Å². The Morgan fingerprint density at radius 2 is 1.83 bits per heavy atom. The third kappa shape index (κ3) is 2.54. The molecule has 0 spiro atoms. The van der Waals surface area contributed by atoms with Crippen LogP contribution in [0.4, 0.5) is 5.69 Å². The van der Waals surface area contributed by atoms with E-state index in [2.05, 4.69) is 30.9 Å². The van der Waals surface area contributed by atoms with Crippen molar-refractivity contribution < 1.29 is 5.11 Å². The van der Waals surface area contributed by atoms with Gasteiger partial charge in [-0.2, -0.15) is 0 Å². The second-order valence-electron chi connectivity index (χ2n) is 5.65. The van der Waals surface area contributed by atoms with E-state index in [1.165, 1.54) is 31.5 Å². The van der Waals surface area contributed by atoms with E-state index < -0.39 is 0 Å². The van der Waals surface area contributed by atoms with Crippen LogP contribution in [0.3, 0.4) is 0 Å². The Balaban J connectivity index is 2.09. The number of benzene rings is 1. The lowest BCUT2D eigenvalue weighted by Gasteiger charge is -2.27. The maximum atomic E-state index is 9.53. The van der Waals surface area contributed by atoms with Gasteiger partial charge in [-0.1, -0.05) is 26.0 Å². The Labute approximate surface area is 111 Å². The molecule has 0 saturated carbocycles. The molecule has 1 aromatic rings. The van der Waals surface area contributed by atoms with Gasteiger partial charge in [-0.3, -0.25) is 0 Å². The van der Waals surface area contributed by atoms with E-state index in [1.54, 1.807) is 0 Å². The third-order valence-electron chi connectivity index (χ3n) is 4.68. The summed E-state index contributed by atoms with van der Waals surface area (Å²) in [5, 5.41) is 9.53. The van der Waals surface area contributed by atoms with Gasteiger partial charge in [0.05, 0.1) is 6.10 Å². The molecule has 1 heterocycles. The summed E-state index contributed by atoms with van der Waals surface area (Å²) in [6.45, 7) is 8.76. The van der Waals surface area contributed by atoms with Gasteiger partial charge in [0.2, 0.25) is 0 Å². The van der Waals surface area contributed by atoms with Gasteiger partial charge in [-0.25, -0.2) is 0 Å². The first-order valence-corrected chi connectivity index (χ1v) is 7.13. The summed E-state index contributed by atoms with van der Waals surface area (Å²) in [6, 6.07) is 8.36. The van der Waals surface area contributed by atoms with Gasteiger partial charge in [-0.05, 0) is 49.3 Å². The zero-order chi connectivity index (χ0) is 13.2. The average molecular weight is 247 g/mol. The molecule has 1 aliphatic rings. The number of hydrogen-bond donors (Lipinski definition) is 1. The van der Waals surface area contributed by atoms with Gasteiger partial charge in [0.1, 0.15) is 0 Å². The van der Waals surface area contributed by atoms with Gasteiger partial charge in [0, 0.05) is 18.8 Å². The van der Waals surface area contributed by atoms with Crippen LogP contribution in [-0.2, 0) is 0 Å². The maximum Gasteiger partial charge on any atom is 0.0761 e. The van der Waals surface area contributed by atoms with Gasteiger partial charge < -0.3 is 10.0 Å². The highest BCUT2D eigenvalue weighted by Gasteiger charge is 2.34. The Hall–Kier alpha value is -1.02. The van der Waals surface area contributed by atoms with Crippen LogP contribution in [0.5, 0.6) is 0 Å². The first-order valence-electron chi connectivity index (χ1n) is 7.13. The summed E-state index contributed by atoms with van der Waals surface area (Å²) in [4.78, 5) is 2.48. The lowest BCUT2D eigenvalue weighted by molar-refractivity contribution is 0.199. The van der Waals surface area contributed by atoms with Crippen molar-refractivity contribution in [2.75, 3.05) is 18.0 Å². The molecule has 1 atom stereocenters. The molecule has 1 fully saturated rings. The lowest BCUT2D eigenvalue weighted by atomic mass is 9.82. The molecule has 0 bridgehead atoms. The monoisotopic (exact) mass is 247 g/mol. The van der Waals surface area contributed by atoms with Gasteiger partial charge in [0.15, 0.2) is 0 Å². The van der Waals surface area contributed by atoms with Crippen molar-refractivity contribution in [1.29, 1.82) is 0 Å². The Morgan fingerprint density at radius 1 is 1.22 bits per heavy atom. The molecular formula is C16H25NO. The Morgan fingerprint density at radius 3 is 2.28 bits per heavy atom. The fourth-order valence-corrected chi connectivity index (χ4v) is 2.95. The van der Waals surface area contributed by atoms with Gasteiger partial charge in [-0.15, -0.1) is 0 Å². The number of rotatable bonds is 4. The SMILES string of the molecule is CCC1(CC)CCN(c2ccc([C@@H](C)O)cc2)C1. The molecule has 1 N–H and O–H groups in total. The predicted octanol–water partition coefficient (Wildman–Crippen LogP) is 3.76. The molecule has 2 heteroatoms. The molecular weight excluding hydrogens is 222 g/mol. The van der Waals surface area contributed by atoms with Crippen molar-refractivity contribution in [2.24, 2.45) is 5.41 Å². The largest absolute Gasteiger partial charge is 0.389 e. The van der Waals surface area contributed by atoms with E-state index in [1.807, 2.05) is 19.1 Å². The van der Waals surface area contributed by atoms with E-state index in [0.717, 1.165) is 12.1 Å². The van der Waals surface area contributed by atoms with Crippen LogP contribution < -0.4 is 4.90 Å². The fourth-order valence-electron chi connectivity index (χ4n) is 2.95. The zero-order valence-corrected chi connectivity index (χ0v) is 11.8. The smallest absolute Gasteiger partial charge is 0.0761 e. The highest BCUT2D eigenvalue weighted by atomic mass is 16.3. The summed E-state index contributed by atoms with van der Waals surface area (Å²) >= 11 is 0. The van der Waals surface area contributed by atoms with E-state index in [4.69, 9.17) is 0 Å². The molecule has 0 aromatic heterocycles. The molecule has 1 aromatic carbocycles. The van der Waals surface area contributed by atoms with E-state index in [-0.39, 0.29) is 6.10 Å². The van der Waals surface area contributed by atoms with Crippen LogP contribution in [0.25, 0.3) is 0 Å². The topological polar surface area (TPSA) is 23.5 Å². The van der Waals surface area contributed by atoms with Crippen molar-refractivity contribution in [2.45, 2.75) is 46.1 Å². The van der Waals surface area contributed by atoms with Crippen LogP contribution >= 0.6 is 0 Å². The third-order valence-corrected chi connectivity index (χ3v) is 4.68.